The van der Waals surface area contributed by atoms with Gasteiger partial charge in [0.25, 0.3) is 0 Å². The number of hydrogen-bond donors (Lipinski definition) is 1. The Balaban J connectivity index is 2.00. The number of fused-ring (bicyclic) bond motifs is 1. The number of benzene rings is 1. The van der Waals surface area contributed by atoms with Crippen LogP contribution in [0.3, 0.4) is 0 Å². The topological polar surface area (TPSA) is 36.1 Å². The van der Waals surface area contributed by atoms with Crippen molar-refractivity contribution in [2.45, 2.75) is 19.8 Å². The van der Waals surface area contributed by atoms with Gasteiger partial charge in [-0.25, -0.2) is 0 Å². The zero-order chi connectivity index (χ0) is 14.4. The monoisotopic (exact) mass is 268 g/mol. The first-order valence-corrected chi connectivity index (χ1v) is 6.99. The van der Waals surface area contributed by atoms with E-state index in [4.69, 9.17) is 6.42 Å². The largest absolute Gasteiger partial charge is 0.361 e. The predicted molar refractivity (Wildman–Crippen MR) is 82.3 cm³/mol. The molecular weight excluding hydrogens is 248 g/mol. The van der Waals surface area contributed by atoms with Crippen molar-refractivity contribution in [1.29, 1.82) is 0 Å². The Morgan fingerprint density at radius 3 is 2.95 bits per heavy atom. The highest BCUT2D eigenvalue weighted by molar-refractivity contribution is 5.83. The summed E-state index contributed by atoms with van der Waals surface area (Å²) in [6.45, 7) is 3.38. The summed E-state index contributed by atoms with van der Waals surface area (Å²) in [5.41, 5.74) is 2.37. The molecule has 1 atom stereocenters. The van der Waals surface area contributed by atoms with E-state index in [0.717, 1.165) is 24.8 Å². The summed E-state index contributed by atoms with van der Waals surface area (Å²) < 4.78 is 0. The summed E-state index contributed by atoms with van der Waals surface area (Å²) in [5, 5.41) is 1.22. The van der Waals surface area contributed by atoms with Crippen LogP contribution in [0.15, 0.2) is 30.5 Å². The smallest absolute Gasteiger partial charge is 0.209 e. The molecule has 0 aliphatic carbocycles. The third kappa shape index (κ3) is 3.21. The van der Waals surface area contributed by atoms with Crippen LogP contribution >= 0.6 is 0 Å². The first kappa shape index (κ1) is 14.2. The average Bonchev–Trinajstić information content (AvgIpc) is 2.91. The molecule has 1 heterocycles. The molecular formula is C17H20N2O. The molecule has 3 heteroatoms. The zero-order valence-corrected chi connectivity index (χ0v) is 11.8. The van der Waals surface area contributed by atoms with E-state index in [-0.39, 0.29) is 5.92 Å². The van der Waals surface area contributed by atoms with E-state index in [9.17, 15) is 4.79 Å². The fraction of sp³-hybridized carbons (Fsp3) is 0.353. The number of aromatic nitrogens is 1. The average molecular weight is 268 g/mol. The Labute approximate surface area is 120 Å². The molecule has 0 saturated carbocycles. The molecule has 0 fully saturated rings. The van der Waals surface area contributed by atoms with E-state index in [1.54, 1.807) is 4.90 Å². The third-order valence-electron chi connectivity index (χ3n) is 3.68. The van der Waals surface area contributed by atoms with Gasteiger partial charge in [0.15, 0.2) is 0 Å². The number of hydrogen-bond acceptors (Lipinski definition) is 1. The van der Waals surface area contributed by atoms with Gasteiger partial charge in [0.2, 0.25) is 6.41 Å². The molecule has 1 unspecified atom stereocenters. The molecule has 104 valence electrons. The van der Waals surface area contributed by atoms with Crippen LogP contribution in [0.25, 0.3) is 10.9 Å². The lowest BCUT2D eigenvalue weighted by atomic mass is 10.1. The minimum absolute atomic E-state index is 0.142. The Morgan fingerprint density at radius 1 is 1.45 bits per heavy atom. The van der Waals surface area contributed by atoms with Gasteiger partial charge in [0.05, 0.1) is 0 Å². The van der Waals surface area contributed by atoms with Crippen LogP contribution in [-0.2, 0) is 11.2 Å². The molecule has 20 heavy (non-hydrogen) atoms. The molecule has 1 aromatic carbocycles. The Bertz CT molecular complexity index is 609. The van der Waals surface area contributed by atoms with Gasteiger partial charge in [0.1, 0.15) is 0 Å². The number of nitrogens with one attached hydrogen (secondary N) is 1. The highest BCUT2D eigenvalue weighted by Gasteiger charge is 2.10. The second-order valence-corrected chi connectivity index (χ2v) is 4.98. The number of H-pyrrole nitrogens is 1. The summed E-state index contributed by atoms with van der Waals surface area (Å²) in [5.74, 6) is 2.87. The van der Waals surface area contributed by atoms with Crippen molar-refractivity contribution >= 4 is 17.3 Å². The van der Waals surface area contributed by atoms with Gasteiger partial charge in [-0.1, -0.05) is 25.1 Å². The normalized spacial score (nSPS) is 12.0. The number of terminal acetylenes is 1. The van der Waals surface area contributed by atoms with E-state index in [1.807, 2.05) is 25.3 Å². The molecule has 1 N–H and O–H groups in total. The highest BCUT2D eigenvalue weighted by atomic mass is 16.1. The molecule has 0 spiro atoms. The number of carbonyl (C=O) groups is 1. The summed E-state index contributed by atoms with van der Waals surface area (Å²) in [4.78, 5) is 16.2. The Morgan fingerprint density at radius 2 is 2.25 bits per heavy atom. The first-order chi connectivity index (χ1) is 9.78. The van der Waals surface area contributed by atoms with E-state index in [2.05, 4.69) is 23.0 Å². The Hall–Kier alpha value is -2.21. The number of nitrogens with zero attached hydrogens (tertiary/aromatic N) is 1. The minimum Gasteiger partial charge on any atom is -0.361 e. The lowest BCUT2D eigenvalue weighted by Gasteiger charge is -2.20. The maximum Gasteiger partial charge on any atom is 0.209 e. The minimum atomic E-state index is 0.142. The number of amides is 1. The predicted octanol–water partition coefficient (Wildman–Crippen LogP) is 2.83. The quantitative estimate of drug-likeness (QED) is 0.608. The van der Waals surface area contributed by atoms with E-state index in [0.29, 0.717) is 13.1 Å². The number of para-hydroxylation sites is 1. The molecule has 1 aromatic heterocycles. The van der Waals surface area contributed by atoms with Gasteiger partial charge < -0.3 is 9.88 Å². The first-order valence-electron chi connectivity index (χ1n) is 6.99. The standard InChI is InChI=1S/C17H20N2O/c1-3-14(4-2)12-19(13-20)10-9-15-11-18-17-8-6-5-7-16(15)17/h1,5-8,11,13-14,18H,4,9-10,12H2,2H3. The van der Waals surface area contributed by atoms with Gasteiger partial charge >= 0.3 is 0 Å². The van der Waals surface area contributed by atoms with Crippen molar-refractivity contribution in [2.24, 2.45) is 5.92 Å². The number of rotatable bonds is 7. The van der Waals surface area contributed by atoms with Crippen LogP contribution in [0.5, 0.6) is 0 Å². The van der Waals surface area contributed by atoms with Crippen molar-refractivity contribution in [2.75, 3.05) is 13.1 Å². The van der Waals surface area contributed by atoms with Crippen LogP contribution in [-0.4, -0.2) is 29.4 Å². The summed E-state index contributed by atoms with van der Waals surface area (Å²) in [7, 11) is 0. The van der Waals surface area contributed by atoms with Crippen LogP contribution in [0.1, 0.15) is 18.9 Å². The lowest BCUT2D eigenvalue weighted by molar-refractivity contribution is -0.118. The van der Waals surface area contributed by atoms with E-state index < -0.39 is 0 Å². The molecule has 0 aliphatic rings. The second kappa shape index (κ2) is 6.81. The summed E-state index contributed by atoms with van der Waals surface area (Å²) in [6, 6.07) is 8.20. The fourth-order valence-corrected chi connectivity index (χ4v) is 2.37. The van der Waals surface area contributed by atoms with Crippen molar-refractivity contribution < 1.29 is 4.79 Å². The highest BCUT2D eigenvalue weighted by Crippen LogP contribution is 2.18. The van der Waals surface area contributed by atoms with Crippen LogP contribution < -0.4 is 0 Å². The van der Waals surface area contributed by atoms with Gasteiger partial charge in [0, 0.05) is 36.1 Å². The van der Waals surface area contributed by atoms with Gasteiger partial charge in [-0.3, -0.25) is 4.79 Å². The second-order valence-electron chi connectivity index (χ2n) is 4.98. The molecule has 1 amide bonds. The van der Waals surface area contributed by atoms with Crippen molar-refractivity contribution in [3.05, 3.63) is 36.0 Å². The number of carbonyl (C=O) groups excluding carboxylic acids is 1. The third-order valence-corrected chi connectivity index (χ3v) is 3.68. The Kier molecular flexibility index (Phi) is 4.84. The van der Waals surface area contributed by atoms with E-state index in [1.165, 1.54) is 10.9 Å². The maximum absolute atomic E-state index is 11.1. The van der Waals surface area contributed by atoms with Crippen molar-refractivity contribution in [1.82, 2.24) is 9.88 Å². The summed E-state index contributed by atoms with van der Waals surface area (Å²) in [6.07, 6.45) is 10.1. The molecule has 0 saturated heterocycles. The van der Waals surface area contributed by atoms with Crippen LogP contribution in [0, 0.1) is 18.3 Å². The van der Waals surface area contributed by atoms with Gasteiger partial charge in [-0.15, -0.1) is 12.3 Å². The van der Waals surface area contributed by atoms with Gasteiger partial charge in [-0.05, 0) is 24.5 Å². The van der Waals surface area contributed by atoms with Crippen molar-refractivity contribution in [3.63, 3.8) is 0 Å². The summed E-state index contributed by atoms with van der Waals surface area (Å²) >= 11 is 0. The SMILES string of the molecule is C#CC(CC)CN(C=O)CCc1c[nH]c2ccccc12. The molecule has 2 rings (SSSR count). The molecule has 3 nitrogen and oxygen atoms in total. The van der Waals surface area contributed by atoms with Gasteiger partial charge in [-0.2, -0.15) is 0 Å². The lowest BCUT2D eigenvalue weighted by Crippen LogP contribution is -2.29. The van der Waals surface area contributed by atoms with Crippen molar-refractivity contribution in [3.8, 4) is 12.3 Å². The van der Waals surface area contributed by atoms with Crippen LogP contribution in [0.2, 0.25) is 0 Å². The molecule has 2 aromatic rings. The molecule has 0 radical (unpaired) electrons. The molecule has 0 bridgehead atoms. The van der Waals surface area contributed by atoms with Crippen LogP contribution in [0.4, 0.5) is 0 Å². The zero-order valence-electron chi connectivity index (χ0n) is 11.8. The maximum atomic E-state index is 11.1. The van der Waals surface area contributed by atoms with E-state index >= 15 is 0 Å². The number of aromatic amines is 1. The fourth-order valence-electron chi connectivity index (χ4n) is 2.37. The molecule has 0 aliphatic heterocycles.